The third kappa shape index (κ3) is 5.32. The van der Waals surface area contributed by atoms with Crippen LogP contribution in [0.1, 0.15) is 35.5 Å². The molecule has 0 atom stereocenters. The minimum Gasteiger partial charge on any atom is -0.348 e. The van der Waals surface area contributed by atoms with E-state index in [-0.39, 0.29) is 24.1 Å². The van der Waals surface area contributed by atoms with Gasteiger partial charge in [-0.2, -0.15) is 18.3 Å². The van der Waals surface area contributed by atoms with Crippen molar-refractivity contribution >= 4 is 17.5 Å². The van der Waals surface area contributed by atoms with Crippen LogP contribution in [-0.4, -0.2) is 21.6 Å². The minimum atomic E-state index is -4.88. The summed E-state index contributed by atoms with van der Waals surface area (Å²) in [6.45, 7) is 3.41. The summed E-state index contributed by atoms with van der Waals surface area (Å²) in [4.78, 5) is 24.4. The van der Waals surface area contributed by atoms with E-state index in [0.717, 1.165) is 30.5 Å². The zero-order chi connectivity index (χ0) is 23.5. The number of carbonyl (C=O) groups excluding carboxylic acids is 2. The van der Waals surface area contributed by atoms with E-state index in [0.29, 0.717) is 15.9 Å². The van der Waals surface area contributed by atoms with Gasteiger partial charge in [-0.15, -0.1) is 0 Å². The van der Waals surface area contributed by atoms with Crippen molar-refractivity contribution in [3.05, 3.63) is 77.4 Å². The van der Waals surface area contributed by atoms with Gasteiger partial charge in [0.25, 0.3) is 5.91 Å². The van der Waals surface area contributed by atoms with Crippen LogP contribution in [0.15, 0.2) is 54.7 Å². The van der Waals surface area contributed by atoms with Gasteiger partial charge >= 0.3 is 6.18 Å². The van der Waals surface area contributed by atoms with Gasteiger partial charge in [0.15, 0.2) is 5.69 Å². The van der Waals surface area contributed by atoms with Crippen molar-refractivity contribution in [3.8, 4) is 5.69 Å². The highest BCUT2D eigenvalue weighted by atomic mass is 19.4. The summed E-state index contributed by atoms with van der Waals surface area (Å²) < 4.78 is 54.8. The first-order valence-corrected chi connectivity index (χ1v) is 9.65. The lowest BCUT2D eigenvalue weighted by atomic mass is 10.1. The molecule has 0 spiro atoms. The van der Waals surface area contributed by atoms with Crippen molar-refractivity contribution in [1.29, 1.82) is 0 Å². The summed E-state index contributed by atoms with van der Waals surface area (Å²) >= 11 is 0. The molecule has 0 unspecified atom stereocenters. The Hall–Kier alpha value is -3.69. The van der Waals surface area contributed by atoms with Gasteiger partial charge < -0.3 is 10.6 Å². The van der Waals surface area contributed by atoms with E-state index in [1.54, 1.807) is 38.1 Å². The Kier molecular flexibility index (Phi) is 6.61. The topological polar surface area (TPSA) is 76.0 Å². The number of benzene rings is 2. The molecule has 3 aromatic rings. The average molecular weight is 448 g/mol. The molecule has 0 radical (unpaired) electrons. The summed E-state index contributed by atoms with van der Waals surface area (Å²) in [5.41, 5.74) is -0.869. The van der Waals surface area contributed by atoms with E-state index in [9.17, 15) is 27.2 Å². The number of amides is 2. The zero-order valence-electron chi connectivity index (χ0n) is 17.2. The molecule has 0 saturated carbocycles. The Labute approximate surface area is 181 Å². The maximum Gasteiger partial charge on any atom is 0.434 e. The second-order valence-electron chi connectivity index (χ2n) is 7.32. The molecule has 168 valence electrons. The maximum atomic E-state index is 13.7. The van der Waals surface area contributed by atoms with Crippen LogP contribution >= 0.6 is 0 Å². The molecular weight excluding hydrogens is 428 g/mol. The number of hydrogen-bond acceptors (Lipinski definition) is 3. The number of carbonyl (C=O) groups is 2. The first-order chi connectivity index (χ1) is 15.1. The van der Waals surface area contributed by atoms with Crippen LogP contribution in [0, 0.1) is 11.7 Å². The van der Waals surface area contributed by atoms with Gasteiger partial charge in [0.1, 0.15) is 5.82 Å². The fourth-order valence-electron chi connectivity index (χ4n) is 2.89. The molecule has 3 rings (SSSR count). The van der Waals surface area contributed by atoms with E-state index in [2.05, 4.69) is 15.7 Å². The van der Waals surface area contributed by atoms with Crippen LogP contribution in [0.2, 0.25) is 0 Å². The third-order valence-electron chi connectivity index (χ3n) is 4.53. The molecule has 32 heavy (non-hydrogen) atoms. The highest BCUT2D eigenvalue weighted by Gasteiger charge is 2.40. The Bertz CT molecular complexity index is 1120. The van der Waals surface area contributed by atoms with Gasteiger partial charge in [-0.3, -0.25) is 9.59 Å². The zero-order valence-corrected chi connectivity index (χ0v) is 17.2. The van der Waals surface area contributed by atoms with Crippen molar-refractivity contribution in [1.82, 2.24) is 15.1 Å². The minimum absolute atomic E-state index is 0.0358. The number of halogens is 4. The van der Waals surface area contributed by atoms with Gasteiger partial charge in [0, 0.05) is 18.2 Å². The number of hydrogen-bond donors (Lipinski definition) is 2. The number of nitrogens with one attached hydrogen (secondary N) is 2. The van der Waals surface area contributed by atoms with Gasteiger partial charge in [0.05, 0.1) is 17.4 Å². The summed E-state index contributed by atoms with van der Waals surface area (Å²) in [5, 5.41) is 8.84. The van der Waals surface area contributed by atoms with Gasteiger partial charge in [-0.1, -0.05) is 26.0 Å². The van der Waals surface area contributed by atoms with E-state index in [4.69, 9.17) is 0 Å². The lowest BCUT2D eigenvalue weighted by Gasteiger charge is -2.13. The standard InChI is InChI=1S/C22H20F4N4O2/c1-13(2)20(31)29-16-5-3-4-14(10-16)11-27-21(32)18-12-28-30(19(18)22(24,25)26)17-8-6-15(23)7-9-17/h3-10,12-13H,11H2,1-2H3,(H,27,32)(H,29,31). The summed E-state index contributed by atoms with van der Waals surface area (Å²) in [7, 11) is 0. The number of rotatable bonds is 6. The van der Waals surface area contributed by atoms with Crippen molar-refractivity contribution in [2.75, 3.05) is 5.32 Å². The lowest BCUT2D eigenvalue weighted by molar-refractivity contribution is -0.143. The number of alkyl halides is 3. The summed E-state index contributed by atoms with van der Waals surface area (Å²) in [5.74, 6) is -1.99. The number of anilines is 1. The van der Waals surface area contributed by atoms with Crippen LogP contribution in [0.5, 0.6) is 0 Å². The molecule has 0 aliphatic heterocycles. The highest BCUT2D eigenvalue weighted by Crippen LogP contribution is 2.33. The van der Waals surface area contributed by atoms with Crippen LogP contribution in [0.4, 0.5) is 23.2 Å². The molecule has 2 N–H and O–H groups in total. The largest absolute Gasteiger partial charge is 0.434 e. The second-order valence-corrected chi connectivity index (χ2v) is 7.32. The molecule has 10 heteroatoms. The van der Waals surface area contributed by atoms with Crippen molar-refractivity contribution in [3.63, 3.8) is 0 Å². The van der Waals surface area contributed by atoms with Crippen LogP contribution in [0.3, 0.4) is 0 Å². The molecule has 0 bridgehead atoms. The Morgan fingerprint density at radius 2 is 1.78 bits per heavy atom. The fourth-order valence-corrected chi connectivity index (χ4v) is 2.89. The molecule has 2 aromatic carbocycles. The highest BCUT2D eigenvalue weighted by molar-refractivity contribution is 5.95. The molecule has 0 saturated heterocycles. The third-order valence-corrected chi connectivity index (χ3v) is 4.53. The van der Waals surface area contributed by atoms with E-state index in [1.807, 2.05) is 0 Å². The smallest absolute Gasteiger partial charge is 0.348 e. The van der Waals surface area contributed by atoms with Crippen molar-refractivity contribution < 1.29 is 27.2 Å². The molecule has 2 amide bonds. The predicted molar refractivity (Wildman–Crippen MR) is 110 cm³/mol. The van der Waals surface area contributed by atoms with Gasteiger partial charge in [-0.25, -0.2) is 9.07 Å². The van der Waals surface area contributed by atoms with Crippen LogP contribution < -0.4 is 10.6 Å². The lowest BCUT2D eigenvalue weighted by Crippen LogP contribution is -2.26. The Balaban J connectivity index is 1.80. The van der Waals surface area contributed by atoms with Gasteiger partial charge in [-0.05, 0) is 42.0 Å². The normalized spacial score (nSPS) is 11.5. The van der Waals surface area contributed by atoms with E-state index < -0.39 is 29.2 Å². The molecular formula is C22H20F4N4O2. The predicted octanol–water partition coefficient (Wildman–Crippen LogP) is 4.55. The quantitative estimate of drug-likeness (QED) is 0.543. The first-order valence-electron chi connectivity index (χ1n) is 9.65. The van der Waals surface area contributed by atoms with Crippen molar-refractivity contribution in [2.24, 2.45) is 5.92 Å². The molecule has 6 nitrogen and oxygen atoms in total. The SMILES string of the molecule is CC(C)C(=O)Nc1cccc(CNC(=O)c2cnn(-c3ccc(F)cc3)c2C(F)(F)F)c1. The van der Waals surface area contributed by atoms with E-state index in [1.165, 1.54) is 0 Å². The molecule has 0 aliphatic rings. The Morgan fingerprint density at radius 1 is 1.09 bits per heavy atom. The summed E-state index contributed by atoms with van der Waals surface area (Å²) in [6.07, 6.45) is -4.06. The first kappa shape index (κ1) is 23.0. The number of aromatic nitrogens is 2. The fraction of sp³-hybridized carbons (Fsp3) is 0.227. The van der Waals surface area contributed by atoms with Crippen LogP contribution in [-0.2, 0) is 17.5 Å². The van der Waals surface area contributed by atoms with E-state index >= 15 is 0 Å². The van der Waals surface area contributed by atoms with Gasteiger partial charge in [0.2, 0.25) is 5.91 Å². The number of nitrogens with zero attached hydrogens (tertiary/aromatic N) is 2. The molecule has 0 fully saturated rings. The Morgan fingerprint density at radius 3 is 2.41 bits per heavy atom. The van der Waals surface area contributed by atoms with Crippen LogP contribution in [0.25, 0.3) is 5.69 Å². The van der Waals surface area contributed by atoms with Crippen molar-refractivity contribution in [2.45, 2.75) is 26.6 Å². The second kappa shape index (κ2) is 9.21. The average Bonchev–Trinajstić information content (AvgIpc) is 3.18. The maximum absolute atomic E-state index is 13.7. The summed E-state index contributed by atoms with van der Waals surface area (Å²) in [6, 6.07) is 10.9. The molecule has 0 aliphatic carbocycles. The molecule has 1 aromatic heterocycles. The monoisotopic (exact) mass is 448 g/mol. The molecule has 1 heterocycles.